The third-order valence-corrected chi connectivity index (χ3v) is 5.76. The molecular weight excluding hydrogens is 260 g/mol. The minimum Gasteiger partial charge on any atom is -0.391 e. The number of nitrogens with zero attached hydrogens (tertiary/aromatic N) is 1. The molecule has 3 nitrogen and oxygen atoms in total. The van der Waals surface area contributed by atoms with E-state index >= 15 is 0 Å². The highest BCUT2D eigenvalue weighted by molar-refractivity contribution is 4.91. The van der Waals surface area contributed by atoms with Gasteiger partial charge in [0.2, 0.25) is 0 Å². The van der Waals surface area contributed by atoms with E-state index in [4.69, 9.17) is 0 Å². The molecule has 0 saturated heterocycles. The standard InChI is InChI=1S/C18H36N2O/c1-5-19-15-10-11-18(2,3)12-14(15)13-20(4)16-8-6-7-9-17(16)21/h14-17,19,21H,5-13H2,1-4H3. The maximum absolute atomic E-state index is 10.3. The molecule has 2 saturated carbocycles. The number of likely N-dealkylation sites (N-methyl/N-ethyl adjacent to an activating group) is 1. The van der Waals surface area contributed by atoms with Gasteiger partial charge in [0, 0.05) is 18.6 Å². The number of hydrogen-bond donors (Lipinski definition) is 2. The van der Waals surface area contributed by atoms with Gasteiger partial charge in [-0.2, -0.15) is 0 Å². The number of hydrogen-bond acceptors (Lipinski definition) is 3. The van der Waals surface area contributed by atoms with Crippen molar-refractivity contribution in [3.63, 3.8) is 0 Å². The van der Waals surface area contributed by atoms with Crippen molar-refractivity contribution in [2.75, 3.05) is 20.1 Å². The van der Waals surface area contributed by atoms with Gasteiger partial charge < -0.3 is 15.3 Å². The summed E-state index contributed by atoms with van der Waals surface area (Å²) in [6.07, 6.45) is 8.45. The van der Waals surface area contributed by atoms with Crippen molar-refractivity contribution in [2.24, 2.45) is 11.3 Å². The molecule has 0 radical (unpaired) electrons. The Morgan fingerprint density at radius 2 is 1.90 bits per heavy atom. The lowest BCUT2D eigenvalue weighted by atomic mass is 9.69. The molecule has 3 heteroatoms. The van der Waals surface area contributed by atoms with Crippen molar-refractivity contribution in [3.8, 4) is 0 Å². The lowest BCUT2D eigenvalue weighted by Crippen LogP contribution is -2.51. The lowest BCUT2D eigenvalue weighted by molar-refractivity contribution is 0.0126. The number of aliphatic hydroxyl groups excluding tert-OH is 1. The van der Waals surface area contributed by atoms with Crippen molar-refractivity contribution in [2.45, 2.75) is 83.9 Å². The van der Waals surface area contributed by atoms with Crippen LogP contribution in [0.1, 0.15) is 65.7 Å². The predicted molar refractivity (Wildman–Crippen MR) is 89.5 cm³/mol. The monoisotopic (exact) mass is 296 g/mol. The van der Waals surface area contributed by atoms with E-state index in [1.54, 1.807) is 0 Å². The Hall–Kier alpha value is -0.120. The van der Waals surface area contributed by atoms with Crippen molar-refractivity contribution < 1.29 is 5.11 Å². The zero-order valence-electron chi connectivity index (χ0n) is 14.6. The van der Waals surface area contributed by atoms with E-state index in [9.17, 15) is 5.11 Å². The summed E-state index contributed by atoms with van der Waals surface area (Å²) < 4.78 is 0. The molecule has 0 amide bonds. The summed E-state index contributed by atoms with van der Waals surface area (Å²) >= 11 is 0. The Kier molecular flexibility index (Phi) is 6.10. The van der Waals surface area contributed by atoms with Crippen LogP contribution >= 0.6 is 0 Å². The van der Waals surface area contributed by atoms with Crippen LogP contribution in [0.4, 0.5) is 0 Å². The van der Waals surface area contributed by atoms with Crippen molar-refractivity contribution in [1.29, 1.82) is 0 Å². The molecule has 2 N–H and O–H groups in total. The summed E-state index contributed by atoms with van der Waals surface area (Å²) in [5, 5.41) is 14.0. The molecule has 4 atom stereocenters. The molecule has 2 aliphatic rings. The molecule has 2 rings (SSSR count). The lowest BCUT2D eigenvalue weighted by Gasteiger charge is -2.44. The largest absolute Gasteiger partial charge is 0.391 e. The Morgan fingerprint density at radius 3 is 2.57 bits per heavy atom. The summed E-state index contributed by atoms with van der Waals surface area (Å²) in [5.41, 5.74) is 0.475. The van der Waals surface area contributed by atoms with Crippen LogP contribution in [0.25, 0.3) is 0 Å². The molecule has 124 valence electrons. The first-order valence-electron chi connectivity index (χ1n) is 9.04. The molecule has 0 aliphatic heterocycles. The van der Waals surface area contributed by atoms with Crippen molar-refractivity contribution in [1.82, 2.24) is 10.2 Å². The minimum atomic E-state index is -0.113. The highest BCUT2D eigenvalue weighted by atomic mass is 16.3. The second-order valence-electron chi connectivity index (χ2n) is 8.19. The van der Waals surface area contributed by atoms with Gasteiger partial charge in [-0.25, -0.2) is 0 Å². The second kappa shape index (κ2) is 7.43. The minimum absolute atomic E-state index is 0.113. The molecule has 0 aromatic carbocycles. The Balaban J connectivity index is 1.96. The summed E-state index contributed by atoms with van der Waals surface area (Å²) in [6.45, 7) is 9.24. The van der Waals surface area contributed by atoms with Crippen LogP contribution in [0.5, 0.6) is 0 Å². The Labute approximate surface area is 131 Å². The highest BCUT2D eigenvalue weighted by Crippen LogP contribution is 2.39. The first kappa shape index (κ1) is 17.2. The highest BCUT2D eigenvalue weighted by Gasteiger charge is 2.36. The summed E-state index contributed by atoms with van der Waals surface area (Å²) in [6, 6.07) is 1.04. The van der Waals surface area contributed by atoms with Gasteiger partial charge in [0.05, 0.1) is 6.10 Å². The number of nitrogens with one attached hydrogen (secondary N) is 1. The number of aliphatic hydroxyl groups is 1. The van der Waals surface area contributed by atoms with Crippen LogP contribution in [0.3, 0.4) is 0 Å². The smallest absolute Gasteiger partial charge is 0.0695 e. The maximum atomic E-state index is 10.3. The van der Waals surface area contributed by atoms with E-state index in [0.29, 0.717) is 23.4 Å². The maximum Gasteiger partial charge on any atom is 0.0695 e. The van der Waals surface area contributed by atoms with Crippen LogP contribution in [-0.2, 0) is 0 Å². The fourth-order valence-electron chi connectivity index (χ4n) is 4.57. The molecule has 21 heavy (non-hydrogen) atoms. The summed E-state index contributed by atoms with van der Waals surface area (Å²) in [4.78, 5) is 2.46. The van der Waals surface area contributed by atoms with Gasteiger partial charge in [-0.15, -0.1) is 0 Å². The van der Waals surface area contributed by atoms with Gasteiger partial charge in [0.15, 0.2) is 0 Å². The molecule has 4 unspecified atom stereocenters. The van der Waals surface area contributed by atoms with E-state index in [1.807, 2.05) is 0 Å². The molecule has 0 aromatic rings. The van der Waals surface area contributed by atoms with E-state index in [0.717, 1.165) is 19.5 Å². The Morgan fingerprint density at radius 1 is 1.19 bits per heavy atom. The van der Waals surface area contributed by atoms with E-state index in [-0.39, 0.29) is 6.10 Å². The van der Waals surface area contributed by atoms with Crippen molar-refractivity contribution >= 4 is 0 Å². The molecule has 0 aromatic heterocycles. The van der Waals surface area contributed by atoms with Gasteiger partial charge in [-0.1, -0.05) is 33.6 Å². The fourth-order valence-corrected chi connectivity index (χ4v) is 4.57. The molecule has 0 bridgehead atoms. The van der Waals surface area contributed by atoms with Crippen LogP contribution in [0.2, 0.25) is 0 Å². The van der Waals surface area contributed by atoms with Crippen molar-refractivity contribution in [3.05, 3.63) is 0 Å². The molecule has 2 fully saturated rings. The topological polar surface area (TPSA) is 35.5 Å². The number of rotatable bonds is 5. The van der Waals surface area contributed by atoms with Gasteiger partial charge in [0.25, 0.3) is 0 Å². The quantitative estimate of drug-likeness (QED) is 0.818. The average molecular weight is 296 g/mol. The Bertz CT molecular complexity index is 318. The third kappa shape index (κ3) is 4.67. The van der Waals surface area contributed by atoms with E-state index in [1.165, 1.54) is 38.5 Å². The van der Waals surface area contributed by atoms with Gasteiger partial charge >= 0.3 is 0 Å². The first-order chi connectivity index (χ1) is 9.93. The first-order valence-corrected chi connectivity index (χ1v) is 9.04. The fraction of sp³-hybridized carbons (Fsp3) is 1.00. The van der Waals surface area contributed by atoms with Crippen LogP contribution < -0.4 is 5.32 Å². The van der Waals surface area contributed by atoms with Crippen LogP contribution in [-0.4, -0.2) is 48.3 Å². The normalized spacial score (nSPS) is 36.9. The molecule has 0 heterocycles. The zero-order chi connectivity index (χ0) is 15.5. The predicted octanol–water partition coefficient (Wildman–Crippen LogP) is 3.03. The molecular formula is C18H36N2O. The van der Waals surface area contributed by atoms with Gasteiger partial charge in [0.1, 0.15) is 0 Å². The van der Waals surface area contributed by atoms with E-state index in [2.05, 4.69) is 38.0 Å². The van der Waals surface area contributed by atoms with Gasteiger partial charge in [-0.3, -0.25) is 0 Å². The van der Waals surface area contributed by atoms with E-state index < -0.39 is 0 Å². The summed E-state index contributed by atoms with van der Waals surface area (Å²) in [5.74, 6) is 0.716. The van der Waals surface area contributed by atoms with Gasteiger partial charge in [-0.05, 0) is 57.0 Å². The molecule has 2 aliphatic carbocycles. The van der Waals surface area contributed by atoms with Crippen LogP contribution in [0.15, 0.2) is 0 Å². The third-order valence-electron chi connectivity index (χ3n) is 5.76. The second-order valence-corrected chi connectivity index (χ2v) is 8.19. The summed E-state index contributed by atoms with van der Waals surface area (Å²) in [7, 11) is 2.23. The molecule has 0 spiro atoms. The van der Waals surface area contributed by atoms with Crippen LogP contribution in [0, 0.1) is 11.3 Å². The zero-order valence-corrected chi connectivity index (χ0v) is 14.6. The SMILES string of the molecule is CCNC1CCC(C)(C)CC1CN(C)C1CCCCC1O. The average Bonchev–Trinajstić information content (AvgIpc) is 2.42.